The van der Waals surface area contributed by atoms with Crippen molar-refractivity contribution in [2.24, 2.45) is 4.99 Å². The summed E-state index contributed by atoms with van der Waals surface area (Å²) in [6.07, 6.45) is -0.596. The van der Waals surface area contributed by atoms with Crippen molar-refractivity contribution in [2.45, 2.75) is 26.1 Å². The van der Waals surface area contributed by atoms with Gasteiger partial charge in [0.2, 0.25) is 5.96 Å². The molecule has 3 aliphatic rings. The lowest BCUT2D eigenvalue weighted by atomic mass is 10.1. The smallest absolute Gasteiger partial charge is 0.328 e. The van der Waals surface area contributed by atoms with E-state index in [4.69, 9.17) is 9.73 Å². The number of hydrogen-bond acceptors (Lipinski definition) is 7. The quantitative estimate of drug-likeness (QED) is 0.707. The van der Waals surface area contributed by atoms with Crippen LogP contribution in [0.25, 0.3) is 0 Å². The summed E-state index contributed by atoms with van der Waals surface area (Å²) >= 11 is 0. The second-order valence-corrected chi connectivity index (χ2v) is 7.09. The van der Waals surface area contributed by atoms with E-state index >= 15 is 0 Å². The molecule has 9 nitrogen and oxygen atoms in total. The molecule has 3 aliphatic heterocycles. The summed E-state index contributed by atoms with van der Waals surface area (Å²) in [6.45, 7) is 4.84. The zero-order valence-corrected chi connectivity index (χ0v) is 16.2. The molecule has 1 aromatic rings. The monoisotopic (exact) mass is 385 g/mol. The summed E-state index contributed by atoms with van der Waals surface area (Å²) < 4.78 is 4.90. The van der Waals surface area contributed by atoms with Gasteiger partial charge in [-0.1, -0.05) is 17.7 Å². The van der Waals surface area contributed by atoms with Crippen molar-refractivity contribution >= 4 is 29.6 Å². The van der Waals surface area contributed by atoms with E-state index in [9.17, 15) is 14.4 Å². The van der Waals surface area contributed by atoms with Crippen molar-refractivity contribution in [1.82, 2.24) is 14.7 Å². The molecule has 3 amide bonds. The minimum atomic E-state index is -0.623. The van der Waals surface area contributed by atoms with Crippen molar-refractivity contribution in [3.05, 3.63) is 29.8 Å². The predicted molar refractivity (Wildman–Crippen MR) is 102 cm³/mol. The number of urea groups is 1. The van der Waals surface area contributed by atoms with Gasteiger partial charge in [0, 0.05) is 25.8 Å². The zero-order valence-electron chi connectivity index (χ0n) is 16.2. The summed E-state index contributed by atoms with van der Waals surface area (Å²) in [5.74, 6) is -0.326. The van der Waals surface area contributed by atoms with Crippen molar-refractivity contribution in [3.8, 4) is 0 Å². The maximum absolute atomic E-state index is 13.1. The van der Waals surface area contributed by atoms with Crippen LogP contribution in [0.5, 0.6) is 0 Å². The minimum Gasteiger partial charge on any atom is -0.465 e. The van der Waals surface area contributed by atoms with Crippen LogP contribution in [0, 0.1) is 6.92 Å². The molecule has 0 saturated carbocycles. The van der Waals surface area contributed by atoms with Crippen LogP contribution in [0.3, 0.4) is 0 Å². The van der Waals surface area contributed by atoms with Gasteiger partial charge in [0.25, 0.3) is 5.91 Å². The first-order valence-electron chi connectivity index (χ1n) is 9.34. The Hall–Kier alpha value is -3.10. The number of carbonyl (C=O) groups excluding carboxylic acids is 3. The highest BCUT2D eigenvalue weighted by Gasteiger charge is 2.55. The molecule has 0 aromatic heterocycles. The molecule has 28 heavy (non-hydrogen) atoms. The van der Waals surface area contributed by atoms with Crippen molar-refractivity contribution in [3.63, 3.8) is 0 Å². The zero-order chi connectivity index (χ0) is 20.0. The lowest BCUT2D eigenvalue weighted by molar-refractivity contribution is -0.150. The van der Waals surface area contributed by atoms with Crippen LogP contribution < -0.4 is 4.90 Å². The number of aryl methyl sites for hydroxylation is 1. The Morgan fingerprint density at radius 2 is 1.93 bits per heavy atom. The highest BCUT2D eigenvalue weighted by atomic mass is 16.5. The fraction of sp³-hybridized carbons (Fsp3) is 0.474. The number of carbonyl (C=O) groups is 3. The number of anilines is 1. The van der Waals surface area contributed by atoms with Gasteiger partial charge in [0.1, 0.15) is 6.54 Å². The molecule has 0 aliphatic carbocycles. The Labute approximate surface area is 163 Å². The molecule has 2 saturated heterocycles. The molecule has 2 unspecified atom stereocenters. The van der Waals surface area contributed by atoms with Crippen molar-refractivity contribution < 1.29 is 19.1 Å². The van der Waals surface area contributed by atoms with E-state index in [-0.39, 0.29) is 13.2 Å². The number of esters is 1. The SMILES string of the molecule is CCOC(=O)CN1C(=O)C2C(N=C3N(c4ccc(C)cc4)CCN32)N(C)C1=O. The summed E-state index contributed by atoms with van der Waals surface area (Å²) in [7, 11) is 1.60. The van der Waals surface area contributed by atoms with Crippen LogP contribution in [-0.4, -0.2) is 84.1 Å². The largest absolute Gasteiger partial charge is 0.465 e. The molecule has 4 rings (SSSR count). The maximum atomic E-state index is 13.1. The summed E-state index contributed by atoms with van der Waals surface area (Å²) in [5.41, 5.74) is 2.16. The number of hydrogen-bond donors (Lipinski definition) is 0. The number of benzene rings is 1. The van der Waals surface area contributed by atoms with E-state index in [2.05, 4.69) is 4.90 Å². The van der Waals surface area contributed by atoms with Gasteiger partial charge in [-0.2, -0.15) is 0 Å². The van der Waals surface area contributed by atoms with Gasteiger partial charge in [-0.3, -0.25) is 14.5 Å². The van der Waals surface area contributed by atoms with Gasteiger partial charge in [-0.25, -0.2) is 9.79 Å². The van der Waals surface area contributed by atoms with Gasteiger partial charge < -0.3 is 19.4 Å². The topological polar surface area (TPSA) is 85.8 Å². The Kier molecular flexibility index (Phi) is 4.44. The third-order valence-electron chi connectivity index (χ3n) is 5.32. The molecule has 0 N–H and O–H groups in total. The fourth-order valence-corrected chi connectivity index (χ4v) is 3.89. The first kappa shape index (κ1) is 18.3. The third-order valence-corrected chi connectivity index (χ3v) is 5.32. The van der Waals surface area contributed by atoms with Crippen molar-refractivity contribution in [1.29, 1.82) is 0 Å². The molecule has 3 heterocycles. The molecule has 148 valence electrons. The normalized spacial score (nSPS) is 23.8. The van der Waals surface area contributed by atoms with E-state index in [1.807, 2.05) is 36.1 Å². The van der Waals surface area contributed by atoms with Crippen LogP contribution in [-0.2, 0) is 14.3 Å². The number of aliphatic imine (C=N–C) groups is 1. The predicted octanol–water partition coefficient (Wildman–Crippen LogP) is 0.638. The number of fused-ring (bicyclic) bond motifs is 3. The fourth-order valence-electron chi connectivity index (χ4n) is 3.89. The first-order chi connectivity index (χ1) is 13.4. The number of likely N-dealkylation sites (N-methyl/N-ethyl adjacent to an activating group) is 1. The Bertz CT molecular complexity index is 852. The number of nitrogens with zero attached hydrogens (tertiary/aromatic N) is 5. The number of ether oxygens (including phenoxy) is 1. The van der Waals surface area contributed by atoms with Crippen LogP contribution in [0.1, 0.15) is 12.5 Å². The highest BCUT2D eigenvalue weighted by Crippen LogP contribution is 2.33. The van der Waals surface area contributed by atoms with Crippen LogP contribution in [0.15, 0.2) is 29.3 Å². The van der Waals surface area contributed by atoms with Crippen LogP contribution in [0.4, 0.5) is 10.5 Å². The lowest BCUT2D eigenvalue weighted by Gasteiger charge is -2.40. The number of amides is 3. The molecule has 1 aromatic carbocycles. The van der Waals surface area contributed by atoms with Crippen LogP contribution >= 0.6 is 0 Å². The second kappa shape index (κ2) is 6.81. The van der Waals surface area contributed by atoms with Gasteiger partial charge in [-0.15, -0.1) is 0 Å². The Balaban J connectivity index is 1.60. The molecule has 0 spiro atoms. The number of imide groups is 1. The highest BCUT2D eigenvalue weighted by molar-refractivity contribution is 6.08. The standard InChI is InChI=1S/C19H23N5O4/c1-4-28-14(25)11-24-17(26)15-16(21(3)19(24)27)20-18-22(9-10-23(15)18)13-7-5-12(2)6-8-13/h5-8,15-16H,4,9-11H2,1-3H3. The molecule has 9 heteroatoms. The molecule has 2 atom stereocenters. The van der Waals surface area contributed by atoms with Gasteiger partial charge in [0.05, 0.1) is 6.61 Å². The maximum Gasteiger partial charge on any atom is 0.328 e. The third kappa shape index (κ3) is 2.78. The lowest BCUT2D eigenvalue weighted by Crippen LogP contribution is -2.65. The Morgan fingerprint density at radius 3 is 2.61 bits per heavy atom. The summed E-state index contributed by atoms with van der Waals surface area (Å²) in [4.78, 5) is 48.6. The molecule has 0 radical (unpaired) electrons. The molecule has 2 fully saturated rings. The van der Waals surface area contributed by atoms with E-state index in [1.54, 1.807) is 14.0 Å². The van der Waals surface area contributed by atoms with Gasteiger partial charge >= 0.3 is 12.0 Å². The molecular weight excluding hydrogens is 362 g/mol. The van der Waals surface area contributed by atoms with E-state index in [0.717, 1.165) is 16.2 Å². The van der Waals surface area contributed by atoms with Gasteiger partial charge in [0.15, 0.2) is 12.2 Å². The summed E-state index contributed by atoms with van der Waals surface area (Å²) in [5, 5.41) is 0. The second-order valence-electron chi connectivity index (χ2n) is 7.09. The average Bonchev–Trinajstić information content (AvgIpc) is 3.24. The number of guanidine groups is 1. The number of rotatable bonds is 4. The van der Waals surface area contributed by atoms with E-state index in [1.165, 1.54) is 4.90 Å². The minimum absolute atomic E-state index is 0.196. The molecular formula is C19H23N5O4. The first-order valence-corrected chi connectivity index (χ1v) is 9.34. The van der Waals surface area contributed by atoms with Crippen LogP contribution in [0.2, 0.25) is 0 Å². The molecule has 0 bridgehead atoms. The van der Waals surface area contributed by atoms with Gasteiger partial charge in [-0.05, 0) is 26.0 Å². The summed E-state index contributed by atoms with van der Waals surface area (Å²) in [6, 6.07) is 6.94. The van der Waals surface area contributed by atoms with E-state index in [0.29, 0.717) is 19.0 Å². The Morgan fingerprint density at radius 1 is 1.21 bits per heavy atom. The van der Waals surface area contributed by atoms with E-state index < -0.39 is 30.1 Å². The average molecular weight is 385 g/mol. The van der Waals surface area contributed by atoms with Crippen molar-refractivity contribution in [2.75, 3.05) is 38.2 Å².